The Hall–Kier alpha value is -3.95. The van der Waals surface area contributed by atoms with Gasteiger partial charge in [-0.1, -0.05) is 126 Å². The maximum Gasteiger partial charge on any atom is 0.118 e. The molecule has 4 aromatic rings. The van der Waals surface area contributed by atoms with E-state index in [9.17, 15) is 25.5 Å². The van der Waals surface area contributed by atoms with Gasteiger partial charge in [-0.2, -0.15) is 0 Å². The third-order valence-electron chi connectivity index (χ3n) is 17.2. The number of aromatic hydroxyl groups is 1. The van der Waals surface area contributed by atoms with E-state index in [1.165, 1.54) is 36.8 Å². The Morgan fingerprint density at radius 2 is 0.577 bits per heavy atom. The van der Waals surface area contributed by atoms with E-state index in [0.29, 0.717) is 6.54 Å². The Labute approximate surface area is 477 Å². The summed E-state index contributed by atoms with van der Waals surface area (Å²) in [7, 11) is 17.4. The van der Waals surface area contributed by atoms with Crippen molar-refractivity contribution in [2.24, 2.45) is 5.73 Å². The fraction of sp³-hybridized carbons (Fsp3) is 0.631. The molecule has 8 rings (SSSR count). The lowest BCUT2D eigenvalue weighted by atomic mass is 9.72. The number of phenolic OH excluding ortho intramolecular Hbond substituents is 1. The predicted octanol–water partition coefficient (Wildman–Crippen LogP) is 11.7. The van der Waals surface area contributed by atoms with Crippen LogP contribution < -0.4 is 19.9 Å². The number of hydrogen-bond acceptors (Lipinski definition) is 12. The number of halogens is 1. The molecule has 0 aromatic heterocycles. The van der Waals surface area contributed by atoms with E-state index in [1.54, 1.807) is 33.5 Å². The molecule has 78 heavy (non-hydrogen) atoms. The van der Waals surface area contributed by atoms with Gasteiger partial charge >= 0.3 is 0 Å². The van der Waals surface area contributed by atoms with Crippen LogP contribution in [0.4, 0.5) is 0 Å². The number of nitrogens with zero attached hydrogens (tertiary/aromatic N) is 3. The first-order chi connectivity index (χ1) is 36.8. The summed E-state index contributed by atoms with van der Waals surface area (Å²) in [5, 5.41) is 53.4. The number of phenols is 1. The van der Waals surface area contributed by atoms with Crippen molar-refractivity contribution >= 4 is 12.4 Å². The van der Waals surface area contributed by atoms with E-state index >= 15 is 0 Å². The van der Waals surface area contributed by atoms with Crippen molar-refractivity contribution in [1.82, 2.24) is 14.7 Å². The quantitative estimate of drug-likeness (QED) is 0.0560. The second-order valence-electron chi connectivity index (χ2n) is 23.8. The van der Waals surface area contributed by atoms with Crippen molar-refractivity contribution in [3.63, 3.8) is 0 Å². The minimum Gasteiger partial charge on any atom is -0.508 e. The molecule has 4 unspecified atom stereocenters. The highest BCUT2D eigenvalue weighted by atomic mass is 35.5. The van der Waals surface area contributed by atoms with Crippen LogP contribution in [0.15, 0.2) is 97.1 Å². The molecular formula is C65H103ClN4O8. The third-order valence-corrected chi connectivity index (χ3v) is 17.2. The average molecular weight is 1100 g/mol. The van der Waals surface area contributed by atoms with Gasteiger partial charge < -0.3 is 60.2 Å². The molecule has 0 saturated heterocycles. The smallest absolute Gasteiger partial charge is 0.118 e. The van der Waals surface area contributed by atoms with Crippen LogP contribution in [0.2, 0.25) is 0 Å². The lowest BCUT2D eigenvalue weighted by Gasteiger charge is -2.40. The highest BCUT2D eigenvalue weighted by molar-refractivity contribution is 5.85. The van der Waals surface area contributed by atoms with Crippen molar-refractivity contribution in [2.75, 3.05) is 89.8 Å². The number of likely N-dealkylation sites (N-methyl/N-ethyl adjacent to an activating group) is 3. The molecule has 0 bridgehead atoms. The van der Waals surface area contributed by atoms with E-state index in [0.717, 1.165) is 151 Å². The molecule has 0 radical (unpaired) electrons. The first kappa shape index (κ1) is 66.6. The van der Waals surface area contributed by atoms with Crippen LogP contribution in [0, 0.1) is 0 Å². The number of hydrogen-bond donors (Lipinski definition) is 6. The number of aliphatic hydroxyl groups is 4. The van der Waals surface area contributed by atoms with Crippen LogP contribution >= 0.6 is 12.4 Å². The van der Waals surface area contributed by atoms with Gasteiger partial charge in [0.1, 0.15) is 23.0 Å². The number of methoxy groups -OCH3 is 3. The number of rotatable bonds is 18. The molecule has 0 amide bonds. The van der Waals surface area contributed by atoms with Crippen molar-refractivity contribution < 1.29 is 39.7 Å². The van der Waals surface area contributed by atoms with Gasteiger partial charge in [0.05, 0.1) is 43.7 Å². The lowest BCUT2D eigenvalue weighted by molar-refractivity contribution is -0.0280. The summed E-state index contributed by atoms with van der Waals surface area (Å²) in [5.41, 5.74) is 8.22. The normalized spacial score (nSPS) is 19.9. The van der Waals surface area contributed by atoms with E-state index in [1.807, 2.05) is 74.8 Å². The highest BCUT2D eigenvalue weighted by Crippen LogP contribution is 2.44. The summed E-state index contributed by atoms with van der Waals surface area (Å²) in [5.74, 6) is 3.34. The summed E-state index contributed by atoms with van der Waals surface area (Å²) in [6, 6.07) is 31.6. The molecule has 12 nitrogen and oxygen atoms in total. The fourth-order valence-corrected chi connectivity index (χ4v) is 12.8. The maximum absolute atomic E-state index is 11.1. The summed E-state index contributed by atoms with van der Waals surface area (Å²) in [4.78, 5) is 6.47. The molecule has 4 fully saturated rings. The molecule has 4 aliphatic carbocycles. The second-order valence-corrected chi connectivity index (χ2v) is 23.8. The molecule has 0 heterocycles. The minimum atomic E-state index is -0.623. The van der Waals surface area contributed by atoms with Gasteiger partial charge in [0.2, 0.25) is 0 Å². The largest absolute Gasteiger partial charge is 0.508 e. The SMILES string of the molecule is CN(C)CC(c1ccc(O)cc1)C1(O)CCCCC1.COc1ccc(C(CN(C)C)C2(O)CCCCC2)cc1.COc1ccc(C(CN(C)C)C2(O)CCCCC2)cc1.COc1ccc(C(CN)C2(O)CCCCC2)cc1.Cl. The van der Waals surface area contributed by atoms with Crippen LogP contribution in [0.5, 0.6) is 23.0 Å². The third kappa shape index (κ3) is 19.7. The van der Waals surface area contributed by atoms with Gasteiger partial charge in [-0.3, -0.25) is 0 Å². The minimum absolute atomic E-state index is 0. The van der Waals surface area contributed by atoms with Crippen LogP contribution in [-0.4, -0.2) is 152 Å². The molecule has 7 N–H and O–H groups in total. The van der Waals surface area contributed by atoms with Gasteiger partial charge in [-0.05, 0) is 164 Å². The second kappa shape index (κ2) is 32.5. The summed E-state index contributed by atoms with van der Waals surface area (Å²) < 4.78 is 15.6. The van der Waals surface area contributed by atoms with Gasteiger partial charge in [-0.15, -0.1) is 12.4 Å². The molecule has 13 heteroatoms. The molecule has 0 aliphatic heterocycles. The monoisotopic (exact) mass is 1100 g/mol. The molecule has 4 aromatic carbocycles. The molecule has 438 valence electrons. The van der Waals surface area contributed by atoms with Crippen LogP contribution in [0.3, 0.4) is 0 Å². The zero-order valence-electron chi connectivity index (χ0n) is 49.3. The van der Waals surface area contributed by atoms with Crippen molar-refractivity contribution in [3.05, 3.63) is 119 Å². The zero-order valence-corrected chi connectivity index (χ0v) is 50.1. The Morgan fingerprint density at radius 3 is 0.782 bits per heavy atom. The molecule has 4 saturated carbocycles. The van der Waals surface area contributed by atoms with Gasteiger partial charge in [-0.25, -0.2) is 0 Å². The molecular weight excluding hydrogens is 1000 g/mol. The average Bonchev–Trinajstić information content (AvgIpc) is 3.43. The van der Waals surface area contributed by atoms with Crippen LogP contribution in [0.1, 0.15) is 174 Å². The molecule has 4 aliphatic rings. The number of nitrogens with two attached hydrogens (primary N) is 1. The Morgan fingerprint density at radius 1 is 0.372 bits per heavy atom. The maximum atomic E-state index is 11.1. The van der Waals surface area contributed by atoms with E-state index in [2.05, 4.69) is 67.2 Å². The first-order valence-electron chi connectivity index (χ1n) is 29.1. The Balaban J connectivity index is 0.000000224. The van der Waals surface area contributed by atoms with E-state index < -0.39 is 22.4 Å². The number of ether oxygens (including phenoxy) is 3. The lowest BCUT2D eigenvalue weighted by Crippen LogP contribution is -2.42. The first-order valence-corrected chi connectivity index (χ1v) is 29.1. The molecule has 0 spiro atoms. The van der Waals surface area contributed by atoms with E-state index in [4.69, 9.17) is 19.9 Å². The van der Waals surface area contributed by atoms with Crippen molar-refractivity contribution in [1.29, 1.82) is 0 Å². The predicted molar refractivity (Wildman–Crippen MR) is 322 cm³/mol. The van der Waals surface area contributed by atoms with Gasteiger partial charge in [0, 0.05) is 49.9 Å². The molecule has 4 atom stereocenters. The Bertz CT molecular complexity index is 2140. The zero-order chi connectivity index (χ0) is 56.1. The van der Waals surface area contributed by atoms with Gasteiger partial charge in [0.15, 0.2) is 0 Å². The van der Waals surface area contributed by atoms with Gasteiger partial charge in [0.25, 0.3) is 0 Å². The van der Waals surface area contributed by atoms with E-state index in [-0.39, 0.29) is 41.8 Å². The summed E-state index contributed by atoms with van der Waals surface area (Å²) in [6.07, 6.45) is 21.1. The van der Waals surface area contributed by atoms with Crippen molar-refractivity contribution in [3.8, 4) is 23.0 Å². The summed E-state index contributed by atoms with van der Waals surface area (Å²) in [6.45, 7) is 3.08. The van der Waals surface area contributed by atoms with Crippen LogP contribution in [0.25, 0.3) is 0 Å². The summed E-state index contributed by atoms with van der Waals surface area (Å²) >= 11 is 0. The standard InChI is InChI=1S/2C17H27NO2.C16H25NO2.C15H23NO2.ClH/c2*1-18(2)13-16(17(19)11-5-4-6-12-17)14-7-9-15(20-3)10-8-14;1-17(2)12-15(13-6-8-14(18)9-7-13)16(19)10-4-3-5-11-16;1-18-13-7-5-12(6-8-13)14(11-16)15(17)9-3-2-4-10-15;/h2*7-10,16,19H,4-6,11-13H2,1-3H3;6-9,15,18-19H,3-5,10-12H2,1-2H3;5-8,14,17H,2-4,9-11,16H2,1H3;1H. The highest BCUT2D eigenvalue weighted by Gasteiger charge is 2.42. The van der Waals surface area contributed by atoms with Crippen LogP contribution in [-0.2, 0) is 0 Å². The topological polar surface area (TPSA) is 165 Å². The van der Waals surface area contributed by atoms with Crippen molar-refractivity contribution in [2.45, 2.75) is 174 Å². The Kier molecular flexibility index (Phi) is 27.7. The fourth-order valence-electron chi connectivity index (χ4n) is 12.8. The number of benzene rings is 4.